The standard InChI is InChI=1S/C17H21N3O5S/c21-15(18-17(16(22)23)5-9-26-10-6-17)12-3-4-13(14(11-12)20(24)25)19-7-1-2-8-19/h3-4,11H,1-2,5-10H2,(H,18,21)(H,22,23). The first kappa shape index (κ1) is 18.5. The van der Waals surface area contributed by atoms with E-state index < -0.39 is 22.3 Å². The summed E-state index contributed by atoms with van der Waals surface area (Å²) in [6.07, 6.45) is 2.65. The molecule has 0 aromatic heterocycles. The number of rotatable bonds is 5. The number of nitro groups is 1. The normalized spacial score (nSPS) is 19.2. The number of carboxylic acids is 1. The molecule has 0 saturated carbocycles. The predicted molar refractivity (Wildman–Crippen MR) is 98.9 cm³/mol. The highest BCUT2D eigenvalue weighted by molar-refractivity contribution is 7.99. The lowest BCUT2D eigenvalue weighted by atomic mass is 9.91. The quantitative estimate of drug-likeness (QED) is 0.596. The fourth-order valence-corrected chi connectivity index (χ4v) is 4.63. The van der Waals surface area contributed by atoms with Crippen molar-refractivity contribution in [3.8, 4) is 0 Å². The molecule has 2 aliphatic rings. The second kappa shape index (κ2) is 7.53. The highest BCUT2D eigenvalue weighted by Gasteiger charge is 2.41. The van der Waals surface area contributed by atoms with E-state index in [1.807, 2.05) is 4.90 Å². The summed E-state index contributed by atoms with van der Waals surface area (Å²) < 4.78 is 0. The van der Waals surface area contributed by atoms with Gasteiger partial charge in [-0.2, -0.15) is 11.8 Å². The van der Waals surface area contributed by atoms with Gasteiger partial charge in [-0.25, -0.2) is 4.79 Å². The number of thioether (sulfide) groups is 1. The lowest BCUT2D eigenvalue weighted by molar-refractivity contribution is -0.384. The van der Waals surface area contributed by atoms with Gasteiger partial charge in [-0.15, -0.1) is 0 Å². The predicted octanol–water partition coefficient (Wildman–Crippen LogP) is 2.28. The first-order chi connectivity index (χ1) is 12.4. The van der Waals surface area contributed by atoms with Crippen LogP contribution in [0.3, 0.4) is 0 Å². The van der Waals surface area contributed by atoms with Crippen molar-refractivity contribution in [1.82, 2.24) is 5.32 Å². The molecule has 2 saturated heterocycles. The number of hydrogen-bond donors (Lipinski definition) is 2. The first-order valence-corrected chi connectivity index (χ1v) is 9.75. The second-order valence-corrected chi connectivity index (χ2v) is 7.83. The van der Waals surface area contributed by atoms with Gasteiger partial charge in [0.25, 0.3) is 11.6 Å². The van der Waals surface area contributed by atoms with E-state index in [0.717, 1.165) is 25.9 Å². The Morgan fingerprint density at radius 2 is 1.88 bits per heavy atom. The van der Waals surface area contributed by atoms with Crippen molar-refractivity contribution in [3.05, 3.63) is 33.9 Å². The minimum absolute atomic E-state index is 0.110. The van der Waals surface area contributed by atoms with Crippen molar-refractivity contribution in [2.24, 2.45) is 0 Å². The molecule has 2 N–H and O–H groups in total. The minimum atomic E-state index is -1.30. The second-order valence-electron chi connectivity index (χ2n) is 6.61. The van der Waals surface area contributed by atoms with Crippen molar-refractivity contribution < 1.29 is 19.6 Å². The highest BCUT2D eigenvalue weighted by atomic mass is 32.2. The number of carboxylic acid groups (broad SMARTS) is 1. The zero-order valence-corrected chi connectivity index (χ0v) is 15.1. The molecule has 1 amide bonds. The van der Waals surface area contributed by atoms with Crippen molar-refractivity contribution in [3.63, 3.8) is 0 Å². The third-order valence-corrected chi connectivity index (χ3v) is 5.98. The molecule has 1 aromatic carbocycles. The number of carbonyl (C=O) groups is 2. The summed E-state index contributed by atoms with van der Waals surface area (Å²) >= 11 is 1.65. The lowest BCUT2D eigenvalue weighted by Crippen LogP contribution is -2.56. The molecule has 1 aromatic rings. The summed E-state index contributed by atoms with van der Waals surface area (Å²) in [7, 11) is 0. The van der Waals surface area contributed by atoms with Gasteiger partial charge >= 0.3 is 5.97 Å². The van der Waals surface area contributed by atoms with Gasteiger partial charge in [0.15, 0.2) is 0 Å². The zero-order chi connectivity index (χ0) is 18.7. The number of carbonyl (C=O) groups excluding carboxylic acids is 1. The summed E-state index contributed by atoms with van der Waals surface area (Å²) in [4.78, 5) is 37.2. The molecule has 2 fully saturated rings. The van der Waals surface area contributed by atoms with Crippen LogP contribution in [0.1, 0.15) is 36.0 Å². The number of nitro benzene ring substituents is 1. The molecule has 26 heavy (non-hydrogen) atoms. The van der Waals surface area contributed by atoms with Gasteiger partial charge in [0.1, 0.15) is 11.2 Å². The molecule has 2 heterocycles. The van der Waals surface area contributed by atoms with E-state index in [1.165, 1.54) is 12.1 Å². The topological polar surface area (TPSA) is 113 Å². The smallest absolute Gasteiger partial charge is 0.329 e. The van der Waals surface area contributed by atoms with Gasteiger partial charge in [0, 0.05) is 24.7 Å². The average Bonchev–Trinajstić information content (AvgIpc) is 3.16. The third-order valence-electron chi connectivity index (χ3n) is 4.99. The van der Waals surface area contributed by atoms with E-state index in [-0.39, 0.29) is 11.3 Å². The summed E-state index contributed by atoms with van der Waals surface area (Å²) in [5, 5.41) is 23.7. The summed E-state index contributed by atoms with van der Waals surface area (Å²) in [5.41, 5.74) is -0.808. The van der Waals surface area contributed by atoms with Crippen LogP contribution in [-0.2, 0) is 4.79 Å². The maximum absolute atomic E-state index is 12.6. The largest absolute Gasteiger partial charge is 0.480 e. The molecule has 0 aliphatic carbocycles. The molecule has 2 aliphatic heterocycles. The Kier molecular flexibility index (Phi) is 5.36. The van der Waals surface area contributed by atoms with E-state index in [4.69, 9.17) is 0 Å². The minimum Gasteiger partial charge on any atom is -0.480 e. The molecule has 3 rings (SSSR count). The molecular weight excluding hydrogens is 358 g/mol. The monoisotopic (exact) mass is 379 g/mol. The van der Waals surface area contributed by atoms with Gasteiger partial charge in [0.05, 0.1) is 4.92 Å². The van der Waals surface area contributed by atoms with Gasteiger partial charge in [-0.1, -0.05) is 0 Å². The van der Waals surface area contributed by atoms with Crippen molar-refractivity contribution in [2.75, 3.05) is 29.5 Å². The fourth-order valence-electron chi connectivity index (χ4n) is 3.44. The Balaban J connectivity index is 1.86. The first-order valence-electron chi connectivity index (χ1n) is 8.60. The zero-order valence-electron chi connectivity index (χ0n) is 14.3. The lowest BCUT2D eigenvalue weighted by Gasteiger charge is -2.33. The Bertz CT molecular complexity index is 727. The molecular formula is C17H21N3O5S. The average molecular weight is 379 g/mol. The Morgan fingerprint density at radius 1 is 1.23 bits per heavy atom. The van der Waals surface area contributed by atoms with Gasteiger partial charge in [-0.05, 0) is 49.3 Å². The molecule has 0 bridgehead atoms. The van der Waals surface area contributed by atoms with E-state index in [9.17, 15) is 24.8 Å². The number of aliphatic carboxylic acids is 1. The van der Waals surface area contributed by atoms with Crippen LogP contribution in [0.4, 0.5) is 11.4 Å². The van der Waals surface area contributed by atoms with Crippen LogP contribution in [0, 0.1) is 10.1 Å². The van der Waals surface area contributed by atoms with E-state index >= 15 is 0 Å². The van der Waals surface area contributed by atoms with Crippen LogP contribution in [0.2, 0.25) is 0 Å². The maximum atomic E-state index is 12.6. The van der Waals surface area contributed by atoms with E-state index in [0.29, 0.717) is 30.0 Å². The maximum Gasteiger partial charge on any atom is 0.329 e. The fraction of sp³-hybridized carbons (Fsp3) is 0.529. The Morgan fingerprint density at radius 3 is 2.46 bits per heavy atom. The molecule has 0 atom stereocenters. The van der Waals surface area contributed by atoms with Gasteiger partial charge < -0.3 is 15.3 Å². The molecule has 0 unspecified atom stereocenters. The molecule has 8 nitrogen and oxygen atoms in total. The van der Waals surface area contributed by atoms with E-state index in [1.54, 1.807) is 17.8 Å². The highest BCUT2D eigenvalue weighted by Crippen LogP contribution is 2.32. The number of amides is 1. The molecule has 0 spiro atoms. The molecule has 0 radical (unpaired) electrons. The van der Waals surface area contributed by atoms with Crippen LogP contribution in [0.25, 0.3) is 0 Å². The summed E-state index contributed by atoms with van der Waals surface area (Å²) in [6.45, 7) is 1.51. The van der Waals surface area contributed by atoms with Crippen molar-refractivity contribution >= 4 is 35.0 Å². The number of benzene rings is 1. The van der Waals surface area contributed by atoms with Gasteiger partial charge in [0.2, 0.25) is 0 Å². The number of nitrogens with one attached hydrogen (secondary N) is 1. The van der Waals surface area contributed by atoms with Crippen LogP contribution in [0.5, 0.6) is 0 Å². The third kappa shape index (κ3) is 3.62. The summed E-state index contributed by atoms with van der Waals surface area (Å²) in [5.74, 6) is -0.342. The Labute approximate surface area is 155 Å². The number of anilines is 1. The van der Waals surface area contributed by atoms with Crippen molar-refractivity contribution in [2.45, 2.75) is 31.2 Å². The molecule has 9 heteroatoms. The van der Waals surface area contributed by atoms with E-state index in [2.05, 4.69) is 5.32 Å². The number of hydrogen-bond acceptors (Lipinski definition) is 6. The number of nitrogens with zero attached hydrogens (tertiary/aromatic N) is 2. The van der Waals surface area contributed by atoms with Crippen LogP contribution in [-0.4, -0.2) is 52.0 Å². The molecule has 140 valence electrons. The van der Waals surface area contributed by atoms with Crippen LogP contribution in [0.15, 0.2) is 18.2 Å². The van der Waals surface area contributed by atoms with Crippen LogP contribution < -0.4 is 10.2 Å². The van der Waals surface area contributed by atoms with Crippen molar-refractivity contribution in [1.29, 1.82) is 0 Å². The SMILES string of the molecule is O=C(NC1(C(=O)O)CCSCC1)c1ccc(N2CCCC2)c([N+](=O)[O-])c1. The summed E-state index contributed by atoms with van der Waals surface area (Å²) in [6, 6.07) is 4.36. The Hall–Kier alpha value is -2.29. The van der Waals surface area contributed by atoms with Crippen LogP contribution >= 0.6 is 11.8 Å². The van der Waals surface area contributed by atoms with Gasteiger partial charge in [-0.3, -0.25) is 14.9 Å².